The van der Waals surface area contributed by atoms with Crippen molar-refractivity contribution in [3.05, 3.63) is 0 Å². The Balaban J connectivity index is 1.48. The van der Waals surface area contributed by atoms with Crippen LogP contribution < -0.4 is 0 Å². The molecule has 0 N–H and O–H groups in total. The maximum Gasteiger partial charge on any atom is 0.0596 e. The fourth-order valence-corrected chi connectivity index (χ4v) is 2.02. The van der Waals surface area contributed by atoms with E-state index in [-0.39, 0.29) is 0 Å². The summed E-state index contributed by atoms with van der Waals surface area (Å²) >= 11 is 4.04. The van der Waals surface area contributed by atoms with E-state index in [2.05, 4.69) is 6.92 Å². The van der Waals surface area contributed by atoms with Crippen LogP contribution in [0.3, 0.4) is 0 Å². The van der Waals surface area contributed by atoms with Gasteiger partial charge in [-0.15, -0.1) is 0 Å². The lowest BCUT2D eigenvalue weighted by atomic mass is 10.4. The third-order valence-corrected chi connectivity index (χ3v) is 4.10. The summed E-state index contributed by atoms with van der Waals surface area (Å²) in [5.74, 6) is 1.33. The van der Waals surface area contributed by atoms with Crippen LogP contribution in [-0.4, -0.2) is 34.7 Å². The highest BCUT2D eigenvalue weighted by Crippen LogP contribution is 2.41. The Kier molecular flexibility index (Phi) is 2.16. The van der Waals surface area contributed by atoms with E-state index >= 15 is 0 Å². The van der Waals surface area contributed by atoms with Gasteiger partial charge in [0.15, 0.2) is 0 Å². The monoisotopic (exact) mass is 176 g/mol. The molecule has 0 aliphatic carbocycles. The SMILES string of the molecule is CC1SC1COCC1CS1. The summed E-state index contributed by atoms with van der Waals surface area (Å²) in [6.07, 6.45) is 0. The van der Waals surface area contributed by atoms with Crippen LogP contribution in [0.15, 0.2) is 0 Å². The first-order valence-corrected chi connectivity index (χ1v) is 5.70. The van der Waals surface area contributed by atoms with Gasteiger partial charge >= 0.3 is 0 Å². The maximum atomic E-state index is 5.51. The molecule has 2 rings (SSSR count). The molecule has 10 heavy (non-hydrogen) atoms. The highest BCUT2D eigenvalue weighted by Gasteiger charge is 2.34. The molecule has 3 heteroatoms. The molecule has 3 unspecified atom stereocenters. The summed E-state index contributed by atoms with van der Waals surface area (Å²) in [6.45, 7) is 4.25. The maximum absolute atomic E-state index is 5.51. The van der Waals surface area contributed by atoms with Gasteiger partial charge < -0.3 is 4.74 Å². The smallest absolute Gasteiger partial charge is 0.0596 e. The Morgan fingerprint density at radius 1 is 1.50 bits per heavy atom. The van der Waals surface area contributed by atoms with E-state index in [0.717, 1.165) is 29.0 Å². The van der Waals surface area contributed by atoms with Crippen molar-refractivity contribution in [3.8, 4) is 0 Å². The van der Waals surface area contributed by atoms with Crippen molar-refractivity contribution in [2.75, 3.05) is 19.0 Å². The van der Waals surface area contributed by atoms with Crippen LogP contribution >= 0.6 is 23.5 Å². The molecule has 0 saturated carbocycles. The summed E-state index contributed by atoms with van der Waals surface area (Å²) < 4.78 is 5.51. The van der Waals surface area contributed by atoms with Crippen LogP contribution in [0, 0.1) is 0 Å². The van der Waals surface area contributed by atoms with Crippen molar-refractivity contribution >= 4 is 23.5 Å². The molecule has 1 nitrogen and oxygen atoms in total. The van der Waals surface area contributed by atoms with Crippen molar-refractivity contribution in [2.45, 2.75) is 22.7 Å². The first kappa shape index (κ1) is 7.32. The minimum Gasteiger partial charge on any atom is -0.379 e. The first-order chi connectivity index (χ1) is 4.86. The normalized spacial score (nSPS) is 43.5. The average Bonchev–Trinajstić information content (AvgIpc) is 2.73. The second kappa shape index (κ2) is 2.95. The topological polar surface area (TPSA) is 9.23 Å². The lowest BCUT2D eigenvalue weighted by Gasteiger charge is -1.97. The predicted octanol–water partition coefficient (Wildman–Crippen LogP) is 1.62. The summed E-state index contributed by atoms with van der Waals surface area (Å²) in [7, 11) is 0. The average molecular weight is 176 g/mol. The van der Waals surface area contributed by atoms with Gasteiger partial charge in [-0.2, -0.15) is 23.5 Å². The van der Waals surface area contributed by atoms with Crippen LogP contribution in [0.2, 0.25) is 0 Å². The van der Waals surface area contributed by atoms with Gasteiger partial charge in [-0.3, -0.25) is 0 Å². The van der Waals surface area contributed by atoms with E-state index in [1.165, 1.54) is 5.75 Å². The van der Waals surface area contributed by atoms with E-state index in [9.17, 15) is 0 Å². The van der Waals surface area contributed by atoms with Crippen molar-refractivity contribution in [1.82, 2.24) is 0 Å². The molecule has 0 radical (unpaired) electrons. The molecule has 0 spiro atoms. The predicted molar refractivity (Wildman–Crippen MR) is 47.9 cm³/mol. The first-order valence-electron chi connectivity index (χ1n) is 3.71. The van der Waals surface area contributed by atoms with Gasteiger partial charge in [0.05, 0.1) is 13.2 Å². The van der Waals surface area contributed by atoms with E-state index in [1.54, 1.807) is 0 Å². The van der Waals surface area contributed by atoms with Crippen molar-refractivity contribution < 1.29 is 4.74 Å². The zero-order valence-corrected chi connectivity index (χ0v) is 7.71. The van der Waals surface area contributed by atoms with Gasteiger partial charge in [0.1, 0.15) is 0 Å². The van der Waals surface area contributed by atoms with Crippen LogP contribution in [-0.2, 0) is 4.74 Å². The largest absolute Gasteiger partial charge is 0.379 e. The molecule has 0 aromatic carbocycles. The van der Waals surface area contributed by atoms with Crippen LogP contribution in [0.5, 0.6) is 0 Å². The molecule has 2 fully saturated rings. The van der Waals surface area contributed by atoms with Gasteiger partial charge in [-0.05, 0) is 0 Å². The fraction of sp³-hybridized carbons (Fsp3) is 1.00. The zero-order chi connectivity index (χ0) is 6.97. The van der Waals surface area contributed by atoms with E-state index < -0.39 is 0 Å². The second-order valence-corrected chi connectivity index (χ2v) is 5.83. The fourth-order valence-electron chi connectivity index (χ4n) is 0.885. The summed E-state index contributed by atoms with van der Waals surface area (Å²) in [6, 6.07) is 0. The molecule has 0 bridgehead atoms. The van der Waals surface area contributed by atoms with Gasteiger partial charge in [0.25, 0.3) is 0 Å². The Labute approximate surface area is 70.3 Å². The number of ether oxygens (including phenoxy) is 1. The third-order valence-electron chi connectivity index (χ3n) is 1.82. The van der Waals surface area contributed by atoms with Crippen LogP contribution in [0.4, 0.5) is 0 Å². The van der Waals surface area contributed by atoms with Gasteiger partial charge in [-0.25, -0.2) is 0 Å². The van der Waals surface area contributed by atoms with Gasteiger partial charge in [-0.1, -0.05) is 6.92 Å². The van der Waals surface area contributed by atoms with Crippen LogP contribution in [0.1, 0.15) is 6.92 Å². The summed E-state index contributed by atoms with van der Waals surface area (Å²) in [5, 5.41) is 2.54. The zero-order valence-electron chi connectivity index (χ0n) is 6.08. The van der Waals surface area contributed by atoms with E-state index in [0.29, 0.717) is 0 Å². The van der Waals surface area contributed by atoms with Gasteiger partial charge in [0, 0.05) is 21.5 Å². The number of rotatable bonds is 4. The molecule has 0 aromatic rings. The molecule has 2 aliphatic heterocycles. The summed E-state index contributed by atoms with van der Waals surface area (Å²) in [5.41, 5.74) is 0. The van der Waals surface area contributed by atoms with Crippen molar-refractivity contribution in [2.24, 2.45) is 0 Å². The molecule has 0 aromatic heterocycles. The molecule has 2 heterocycles. The Morgan fingerprint density at radius 3 is 2.70 bits per heavy atom. The second-order valence-electron chi connectivity index (χ2n) is 2.87. The molecule has 58 valence electrons. The third kappa shape index (κ3) is 2.07. The molecule has 0 amide bonds. The molecular formula is C7H12OS2. The Hall–Kier alpha value is 0.660. The molecular weight excluding hydrogens is 164 g/mol. The van der Waals surface area contributed by atoms with Crippen LogP contribution in [0.25, 0.3) is 0 Å². The van der Waals surface area contributed by atoms with Gasteiger partial charge in [0.2, 0.25) is 0 Å². The Morgan fingerprint density at radius 2 is 2.20 bits per heavy atom. The standard InChI is InChI=1S/C7H12OS2/c1-5-7(10-5)3-8-2-6-4-9-6/h5-7H,2-4H2,1H3. The minimum atomic E-state index is 0.823. The van der Waals surface area contributed by atoms with E-state index in [4.69, 9.17) is 4.74 Å². The molecule has 3 atom stereocenters. The molecule has 2 saturated heterocycles. The lowest BCUT2D eigenvalue weighted by Crippen LogP contribution is -2.06. The van der Waals surface area contributed by atoms with Crippen molar-refractivity contribution in [1.29, 1.82) is 0 Å². The Bertz CT molecular complexity index is 125. The highest BCUT2D eigenvalue weighted by atomic mass is 32.2. The lowest BCUT2D eigenvalue weighted by molar-refractivity contribution is 0.148. The quantitative estimate of drug-likeness (QED) is 0.602. The number of hydrogen-bond acceptors (Lipinski definition) is 3. The van der Waals surface area contributed by atoms with E-state index in [1.807, 2.05) is 23.5 Å². The number of hydrogen-bond donors (Lipinski definition) is 0. The van der Waals surface area contributed by atoms with Crippen molar-refractivity contribution in [3.63, 3.8) is 0 Å². The molecule has 2 aliphatic rings. The number of thioether (sulfide) groups is 2. The highest BCUT2D eigenvalue weighted by molar-refractivity contribution is 8.07. The minimum absolute atomic E-state index is 0.823. The summed E-state index contributed by atoms with van der Waals surface area (Å²) in [4.78, 5) is 0.